The molecule has 94 valence electrons. The number of hydrogen-bond acceptors (Lipinski definition) is 4. The average Bonchev–Trinajstić information content (AvgIpc) is 2.79. The third-order valence-electron chi connectivity index (χ3n) is 3.17. The minimum absolute atomic E-state index is 0.00942. The molecular formula is C12H18N2O3. The van der Waals surface area contributed by atoms with Crippen molar-refractivity contribution in [2.24, 2.45) is 0 Å². The van der Waals surface area contributed by atoms with E-state index < -0.39 is 5.97 Å². The molecule has 0 spiro atoms. The third kappa shape index (κ3) is 3.08. The Morgan fingerprint density at radius 1 is 1.65 bits per heavy atom. The summed E-state index contributed by atoms with van der Waals surface area (Å²) in [6, 6.07) is 3.74. The number of carboxylic acids is 1. The number of hydrogen-bond donors (Lipinski definition) is 2. The number of carboxylic acid groups (broad SMARTS) is 1. The van der Waals surface area contributed by atoms with Gasteiger partial charge in [0.1, 0.15) is 5.76 Å². The molecular weight excluding hydrogens is 220 g/mol. The second kappa shape index (κ2) is 5.33. The van der Waals surface area contributed by atoms with E-state index in [0.717, 1.165) is 13.1 Å². The Morgan fingerprint density at radius 2 is 2.47 bits per heavy atom. The van der Waals surface area contributed by atoms with E-state index >= 15 is 0 Å². The predicted octanol–water partition coefficient (Wildman–Crippen LogP) is 1.16. The SMILES string of the molecule is CN(Cc1ccc(C(=O)O)o1)C1CCCNC1. The van der Waals surface area contributed by atoms with Gasteiger partial charge >= 0.3 is 5.97 Å². The standard InChI is InChI=1S/C12H18N2O3/c1-14(9-3-2-6-13-7-9)8-10-4-5-11(17-10)12(15)16/h4-5,9,13H,2-3,6-8H2,1H3,(H,15,16). The zero-order valence-electron chi connectivity index (χ0n) is 9.98. The lowest BCUT2D eigenvalue weighted by Gasteiger charge is -2.30. The van der Waals surface area contributed by atoms with Crippen LogP contribution in [0.4, 0.5) is 0 Å². The number of nitrogens with zero attached hydrogens (tertiary/aromatic N) is 1. The van der Waals surface area contributed by atoms with Crippen LogP contribution in [0.2, 0.25) is 0 Å². The molecule has 0 aromatic carbocycles. The van der Waals surface area contributed by atoms with Gasteiger partial charge in [0.25, 0.3) is 0 Å². The zero-order valence-corrected chi connectivity index (χ0v) is 9.98. The van der Waals surface area contributed by atoms with Crippen LogP contribution in [-0.4, -0.2) is 42.2 Å². The fourth-order valence-corrected chi connectivity index (χ4v) is 2.16. The monoisotopic (exact) mass is 238 g/mol. The molecule has 0 saturated carbocycles. The van der Waals surface area contributed by atoms with Crippen LogP contribution in [0, 0.1) is 0 Å². The highest BCUT2D eigenvalue weighted by Crippen LogP contribution is 2.14. The molecule has 5 heteroatoms. The van der Waals surface area contributed by atoms with Crippen molar-refractivity contribution < 1.29 is 14.3 Å². The van der Waals surface area contributed by atoms with Gasteiger partial charge in [-0.15, -0.1) is 0 Å². The van der Waals surface area contributed by atoms with Crippen LogP contribution in [0.5, 0.6) is 0 Å². The van der Waals surface area contributed by atoms with E-state index in [9.17, 15) is 4.79 Å². The summed E-state index contributed by atoms with van der Waals surface area (Å²) in [4.78, 5) is 12.9. The molecule has 1 atom stereocenters. The molecule has 0 amide bonds. The molecule has 2 rings (SSSR count). The van der Waals surface area contributed by atoms with E-state index in [-0.39, 0.29) is 5.76 Å². The van der Waals surface area contributed by atoms with Gasteiger partial charge in [-0.3, -0.25) is 4.90 Å². The van der Waals surface area contributed by atoms with E-state index in [0.29, 0.717) is 18.3 Å². The van der Waals surface area contributed by atoms with E-state index in [2.05, 4.69) is 10.2 Å². The molecule has 0 radical (unpaired) electrons. The van der Waals surface area contributed by atoms with Gasteiger partial charge in [0.05, 0.1) is 6.54 Å². The molecule has 0 bridgehead atoms. The molecule has 0 aliphatic carbocycles. The molecule has 1 saturated heterocycles. The fourth-order valence-electron chi connectivity index (χ4n) is 2.16. The van der Waals surface area contributed by atoms with Crippen molar-refractivity contribution in [3.63, 3.8) is 0 Å². The second-order valence-corrected chi connectivity index (χ2v) is 4.49. The van der Waals surface area contributed by atoms with Crippen molar-refractivity contribution in [3.8, 4) is 0 Å². The summed E-state index contributed by atoms with van der Waals surface area (Å²) < 4.78 is 5.24. The predicted molar refractivity (Wildman–Crippen MR) is 63.0 cm³/mol. The highest BCUT2D eigenvalue weighted by Gasteiger charge is 2.19. The number of likely N-dealkylation sites (N-methyl/N-ethyl adjacent to an activating group) is 1. The first-order chi connectivity index (χ1) is 8.16. The number of aromatic carboxylic acids is 1. The number of carbonyl (C=O) groups is 1. The van der Waals surface area contributed by atoms with Gasteiger partial charge < -0.3 is 14.8 Å². The van der Waals surface area contributed by atoms with Crippen molar-refractivity contribution in [2.75, 3.05) is 20.1 Å². The van der Waals surface area contributed by atoms with Crippen molar-refractivity contribution >= 4 is 5.97 Å². The quantitative estimate of drug-likeness (QED) is 0.824. The first-order valence-corrected chi connectivity index (χ1v) is 5.90. The molecule has 1 fully saturated rings. The molecule has 17 heavy (non-hydrogen) atoms. The molecule has 1 aromatic rings. The Morgan fingerprint density at radius 3 is 3.06 bits per heavy atom. The summed E-state index contributed by atoms with van der Waals surface area (Å²) in [6.07, 6.45) is 2.36. The van der Waals surface area contributed by atoms with Crippen LogP contribution >= 0.6 is 0 Å². The highest BCUT2D eigenvalue weighted by atomic mass is 16.4. The number of rotatable bonds is 4. The van der Waals surface area contributed by atoms with Gasteiger partial charge in [0.15, 0.2) is 0 Å². The van der Waals surface area contributed by atoms with E-state index in [1.54, 1.807) is 6.07 Å². The van der Waals surface area contributed by atoms with Crippen LogP contribution in [0.25, 0.3) is 0 Å². The maximum atomic E-state index is 10.7. The lowest BCUT2D eigenvalue weighted by molar-refractivity contribution is 0.0657. The topological polar surface area (TPSA) is 65.7 Å². The van der Waals surface area contributed by atoms with E-state index in [4.69, 9.17) is 9.52 Å². The molecule has 1 unspecified atom stereocenters. The normalized spacial score (nSPS) is 20.7. The van der Waals surface area contributed by atoms with Crippen LogP contribution in [-0.2, 0) is 6.54 Å². The summed E-state index contributed by atoms with van der Waals surface area (Å²) in [5.41, 5.74) is 0. The molecule has 2 N–H and O–H groups in total. The molecule has 1 aliphatic heterocycles. The van der Waals surface area contributed by atoms with Gasteiger partial charge in [-0.2, -0.15) is 0 Å². The highest BCUT2D eigenvalue weighted by molar-refractivity contribution is 5.84. The smallest absolute Gasteiger partial charge is 0.371 e. The summed E-state index contributed by atoms with van der Waals surface area (Å²) in [5, 5.41) is 12.1. The van der Waals surface area contributed by atoms with Crippen molar-refractivity contribution in [2.45, 2.75) is 25.4 Å². The number of piperidine rings is 1. The lowest BCUT2D eigenvalue weighted by atomic mass is 10.1. The Labute approximate surface area is 100 Å². The van der Waals surface area contributed by atoms with Gasteiger partial charge in [0, 0.05) is 12.6 Å². The van der Waals surface area contributed by atoms with Gasteiger partial charge in [0.2, 0.25) is 5.76 Å². The number of furan rings is 1. The van der Waals surface area contributed by atoms with Crippen molar-refractivity contribution in [1.29, 1.82) is 0 Å². The van der Waals surface area contributed by atoms with Gasteiger partial charge in [-0.25, -0.2) is 4.79 Å². The third-order valence-corrected chi connectivity index (χ3v) is 3.17. The first kappa shape index (κ1) is 12.1. The van der Waals surface area contributed by atoms with Crippen LogP contribution in [0.1, 0.15) is 29.2 Å². The summed E-state index contributed by atoms with van der Waals surface area (Å²) in [7, 11) is 2.04. The summed E-state index contributed by atoms with van der Waals surface area (Å²) >= 11 is 0. The number of nitrogens with one attached hydrogen (secondary N) is 1. The van der Waals surface area contributed by atoms with E-state index in [1.165, 1.54) is 18.9 Å². The van der Waals surface area contributed by atoms with Crippen molar-refractivity contribution in [1.82, 2.24) is 10.2 Å². The average molecular weight is 238 g/mol. The summed E-state index contributed by atoms with van der Waals surface area (Å²) in [5.74, 6) is -0.302. The zero-order chi connectivity index (χ0) is 12.3. The van der Waals surface area contributed by atoms with Crippen LogP contribution in [0.3, 0.4) is 0 Å². The minimum Gasteiger partial charge on any atom is -0.475 e. The maximum absolute atomic E-state index is 10.7. The summed E-state index contributed by atoms with van der Waals surface area (Å²) in [6.45, 7) is 2.73. The first-order valence-electron chi connectivity index (χ1n) is 5.90. The maximum Gasteiger partial charge on any atom is 0.371 e. The Balaban J connectivity index is 1.92. The van der Waals surface area contributed by atoms with Crippen LogP contribution < -0.4 is 5.32 Å². The Kier molecular flexibility index (Phi) is 3.81. The van der Waals surface area contributed by atoms with E-state index in [1.807, 2.05) is 7.05 Å². The lowest BCUT2D eigenvalue weighted by Crippen LogP contribution is -2.43. The largest absolute Gasteiger partial charge is 0.475 e. The molecule has 1 aromatic heterocycles. The Bertz CT molecular complexity index is 383. The van der Waals surface area contributed by atoms with Crippen LogP contribution in [0.15, 0.2) is 16.5 Å². The fraction of sp³-hybridized carbons (Fsp3) is 0.583. The van der Waals surface area contributed by atoms with Crippen molar-refractivity contribution in [3.05, 3.63) is 23.7 Å². The Hall–Kier alpha value is -1.33. The van der Waals surface area contributed by atoms with Gasteiger partial charge in [-0.1, -0.05) is 0 Å². The second-order valence-electron chi connectivity index (χ2n) is 4.49. The molecule has 5 nitrogen and oxygen atoms in total. The minimum atomic E-state index is -1.02. The van der Waals surface area contributed by atoms with Gasteiger partial charge in [-0.05, 0) is 38.6 Å². The molecule has 2 heterocycles. The molecule has 1 aliphatic rings.